The maximum atomic E-state index is 4.44. The van der Waals surface area contributed by atoms with Crippen molar-refractivity contribution in [3.63, 3.8) is 0 Å². The molecule has 3 rings (SSSR count). The topological polar surface area (TPSA) is 39.7 Å². The molecule has 2 fully saturated rings. The second-order valence-corrected chi connectivity index (χ2v) is 7.35. The molecule has 2 N–H and O–H groups in total. The predicted molar refractivity (Wildman–Crippen MR) is 96.9 cm³/mol. The monoisotopic (exact) mass is 314 g/mol. The van der Waals surface area contributed by atoms with Gasteiger partial charge in [0.15, 0.2) is 5.96 Å². The summed E-state index contributed by atoms with van der Waals surface area (Å²) in [6, 6.07) is 12.4. The molecule has 1 heterocycles. The average Bonchev–Trinajstić information content (AvgIpc) is 3.22. The fourth-order valence-corrected chi connectivity index (χ4v) is 3.56. The highest BCUT2D eigenvalue weighted by Crippen LogP contribution is 2.40. The van der Waals surface area contributed by atoms with Gasteiger partial charge in [-0.2, -0.15) is 0 Å². The molecule has 0 amide bonds. The van der Waals surface area contributed by atoms with E-state index in [0.717, 1.165) is 12.5 Å². The first kappa shape index (κ1) is 16.3. The minimum atomic E-state index is 0.484. The lowest BCUT2D eigenvalue weighted by atomic mass is 10.1. The van der Waals surface area contributed by atoms with Gasteiger partial charge in [0.2, 0.25) is 0 Å². The maximum Gasteiger partial charge on any atom is 0.191 e. The molecular weight excluding hydrogens is 284 g/mol. The van der Waals surface area contributed by atoms with Crippen molar-refractivity contribution in [2.24, 2.45) is 10.9 Å². The van der Waals surface area contributed by atoms with Crippen molar-refractivity contribution in [2.75, 3.05) is 20.1 Å². The molecule has 4 nitrogen and oxygen atoms in total. The first-order chi connectivity index (χ1) is 11.1. The average molecular weight is 314 g/mol. The van der Waals surface area contributed by atoms with Crippen LogP contribution in [0.15, 0.2) is 35.3 Å². The third kappa shape index (κ3) is 3.86. The number of benzene rings is 1. The molecule has 1 aromatic carbocycles. The lowest BCUT2D eigenvalue weighted by Crippen LogP contribution is -2.47. The highest BCUT2D eigenvalue weighted by Gasteiger charge is 2.39. The van der Waals surface area contributed by atoms with E-state index in [1.165, 1.54) is 18.5 Å². The van der Waals surface area contributed by atoms with E-state index in [1.54, 1.807) is 0 Å². The molecule has 1 saturated carbocycles. The maximum absolute atomic E-state index is 4.44. The van der Waals surface area contributed by atoms with Gasteiger partial charge < -0.3 is 10.6 Å². The summed E-state index contributed by atoms with van der Waals surface area (Å²) < 4.78 is 0. The molecule has 1 aliphatic carbocycles. The van der Waals surface area contributed by atoms with Gasteiger partial charge in [-0.25, -0.2) is 0 Å². The van der Waals surface area contributed by atoms with Crippen LogP contribution in [0.2, 0.25) is 0 Å². The molecule has 0 radical (unpaired) electrons. The third-order valence-corrected chi connectivity index (χ3v) is 5.26. The Hall–Kier alpha value is -1.55. The Morgan fingerprint density at radius 1 is 1.13 bits per heavy atom. The highest BCUT2D eigenvalue weighted by atomic mass is 15.3. The van der Waals surface area contributed by atoms with Crippen LogP contribution in [0.25, 0.3) is 0 Å². The first-order valence-corrected chi connectivity index (χ1v) is 8.87. The molecule has 4 atom stereocenters. The van der Waals surface area contributed by atoms with Gasteiger partial charge in [-0.1, -0.05) is 37.3 Å². The molecule has 126 valence electrons. The molecule has 4 unspecified atom stereocenters. The molecule has 2 aliphatic rings. The third-order valence-electron chi connectivity index (χ3n) is 5.26. The van der Waals surface area contributed by atoms with Crippen LogP contribution in [0.3, 0.4) is 0 Å². The standard InChI is InChI=1S/C19H30N4/c1-13(2)23-11-14(3)18(12-23)22-19(20-4)21-17-10-16(17)15-8-6-5-7-9-15/h5-9,13-14,16-18H,10-12H2,1-4H3,(H2,20,21,22). The van der Waals surface area contributed by atoms with Crippen LogP contribution in [-0.2, 0) is 0 Å². The van der Waals surface area contributed by atoms with E-state index in [-0.39, 0.29) is 0 Å². The van der Waals surface area contributed by atoms with Crippen LogP contribution in [0.1, 0.15) is 38.7 Å². The largest absolute Gasteiger partial charge is 0.353 e. The van der Waals surface area contributed by atoms with Gasteiger partial charge >= 0.3 is 0 Å². The number of aliphatic imine (C=N–C) groups is 1. The van der Waals surface area contributed by atoms with Crippen molar-refractivity contribution in [3.05, 3.63) is 35.9 Å². The zero-order chi connectivity index (χ0) is 16.4. The number of nitrogens with zero attached hydrogens (tertiary/aromatic N) is 2. The summed E-state index contributed by atoms with van der Waals surface area (Å²) >= 11 is 0. The quantitative estimate of drug-likeness (QED) is 0.662. The summed E-state index contributed by atoms with van der Waals surface area (Å²) in [7, 11) is 1.87. The van der Waals surface area contributed by atoms with Gasteiger partial charge in [0.1, 0.15) is 0 Å². The smallest absolute Gasteiger partial charge is 0.191 e. The fourth-order valence-electron chi connectivity index (χ4n) is 3.56. The number of nitrogens with one attached hydrogen (secondary N) is 2. The normalized spacial score (nSPS) is 31.4. The number of hydrogen-bond donors (Lipinski definition) is 2. The summed E-state index contributed by atoms with van der Waals surface area (Å²) in [6.45, 7) is 9.15. The van der Waals surface area contributed by atoms with Crippen molar-refractivity contribution in [3.8, 4) is 0 Å². The molecule has 0 spiro atoms. The van der Waals surface area contributed by atoms with Gasteiger partial charge in [0, 0.05) is 44.2 Å². The summed E-state index contributed by atoms with van der Waals surface area (Å²) in [4.78, 5) is 6.98. The van der Waals surface area contributed by atoms with Crippen LogP contribution in [0.5, 0.6) is 0 Å². The second-order valence-electron chi connectivity index (χ2n) is 7.35. The van der Waals surface area contributed by atoms with Crippen molar-refractivity contribution < 1.29 is 0 Å². The molecule has 1 aromatic rings. The molecule has 4 heteroatoms. The lowest BCUT2D eigenvalue weighted by molar-refractivity contribution is 0.265. The minimum Gasteiger partial charge on any atom is -0.353 e. The number of likely N-dealkylation sites (tertiary alicyclic amines) is 1. The Kier molecular flexibility index (Phi) is 4.90. The Morgan fingerprint density at radius 2 is 1.83 bits per heavy atom. The van der Waals surface area contributed by atoms with Crippen molar-refractivity contribution in [1.82, 2.24) is 15.5 Å². The van der Waals surface area contributed by atoms with Crippen molar-refractivity contribution in [2.45, 2.75) is 51.2 Å². The summed E-state index contributed by atoms with van der Waals surface area (Å²) in [5.41, 5.74) is 1.43. The Morgan fingerprint density at radius 3 is 2.43 bits per heavy atom. The van der Waals surface area contributed by atoms with E-state index in [0.29, 0.717) is 30.0 Å². The molecule has 1 aliphatic heterocycles. The Bertz CT molecular complexity index is 540. The predicted octanol–water partition coefficient (Wildman–Crippen LogP) is 2.44. The van der Waals surface area contributed by atoms with Crippen LogP contribution >= 0.6 is 0 Å². The zero-order valence-electron chi connectivity index (χ0n) is 14.8. The van der Waals surface area contributed by atoms with E-state index >= 15 is 0 Å². The highest BCUT2D eigenvalue weighted by molar-refractivity contribution is 5.81. The first-order valence-electron chi connectivity index (χ1n) is 8.87. The fraction of sp³-hybridized carbons (Fsp3) is 0.632. The zero-order valence-corrected chi connectivity index (χ0v) is 14.8. The molecule has 23 heavy (non-hydrogen) atoms. The Balaban J connectivity index is 1.52. The molecule has 0 aromatic heterocycles. The molecular formula is C19H30N4. The molecule has 1 saturated heterocycles. The lowest BCUT2D eigenvalue weighted by Gasteiger charge is -2.22. The second kappa shape index (κ2) is 6.91. The van der Waals surface area contributed by atoms with Crippen LogP contribution < -0.4 is 10.6 Å². The van der Waals surface area contributed by atoms with E-state index < -0.39 is 0 Å². The van der Waals surface area contributed by atoms with Gasteiger partial charge in [-0.3, -0.25) is 9.89 Å². The summed E-state index contributed by atoms with van der Waals surface area (Å²) in [5.74, 6) is 2.24. The number of hydrogen-bond acceptors (Lipinski definition) is 2. The van der Waals surface area contributed by atoms with E-state index in [1.807, 2.05) is 7.05 Å². The van der Waals surface area contributed by atoms with Gasteiger partial charge in [-0.05, 0) is 31.7 Å². The van der Waals surface area contributed by atoms with Crippen molar-refractivity contribution >= 4 is 5.96 Å². The van der Waals surface area contributed by atoms with E-state index in [4.69, 9.17) is 0 Å². The summed E-state index contributed by atoms with van der Waals surface area (Å²) in [6.07, 6.45) is 1.20. The molecule has 0 bridgehead atoms. The SMILES string of the molecule is CN=C(NC1CN(C(C)C)CC1C)NC1CC1c1ccccc1. The summed E-state index contributed by atoms with van der Waals surface area (Å²) in [5, 5.41) is 7.24. The van der Waals surface area contributed by atoms with Crippen molar-refractivity contribution in [1.29, 1.82) is 0 Å². The number of guanidine groups is 1. The number of rotatable bonds is 4. The van der Waals surface area contributed by atoms with Crippen LogP contribution in [0.4, 0.5) is 0 Å². The van der Waals surface area contributed by atoms with Crippen LogP contribution in [-0.4, -0.2) is 49.1 Å². The minimum absolute atomic E-state index is 0.484. The van der Waals surface area contributed by atoms with Gasteiger partial charge in [0.25, 0.3) is 0 Å². The van der Waals surface area contributed by atoms with E-state index in [2.05, 4.69) is 71.6 Å². The van der Waals surface area contributed by atoms with Gasteiger partial charge in [0.05, 0.1) is 0 Å². The van der Waals surface area contributed by atoms with Gasteiger partial charge in [-0.15, -0.1) is 0 Å². The Labute approximate surface area is 140 Å². The van der Waals surface area contributed by atoms with E-state index in [9.17, 15) is 0 Å². The van der Waals surface area contributed by atoms with Crippen LogP contribution in [0, 0.1) is 5.92 Å².